The average Bonchev–Trinajstić information content (AvgIpc) is 2.83. The fourth-order valence-electron chi connectivity index (χ4n) is 4.18. The molecule has 1 saturated heterocycles. The Bertz CT molecular complexity index is 1090. The highest BCUT2D eigenvalue weighted by Crippen LogP contribution is 2.37. The molecule has 32 heavy (non-hydrogen) atoms. The fraction of sp³-hybridized carbons (Fsp3) is 0.391. The summed E-state index contributed by atoms with van der Waals surface area (Å²) in [5, 5.41) is 0.929. The Kier molecular flexibility index (Phi) is 7.19. The summed E-state index contributed by atoms with van der Waals surface area (Å²) in [6.45, 7) is 2.27. The SMILES string of the molecule is COc1cc2nc(-c3ccccc3)nc(N3CCC(CCNS(=O)O)CC3)c2cc1OC. The topological polar surface area (TPSA) is 96.8 Å². The molecule has 0 bridgehead atoms. The Morgan fingerprint density at radius 1 is 1.09 bits per heavy atom. The number of hydrogen-bond acceptors (Lipinski definition) is 6. The molecule has 3 aromatic rings. The number of methoxy groups -OCH3 is 2. The molecular formula is C23H28N4O4S. The summed E-state index contributed by atoms with van der Waals surface area (Å²) in [5.74, 6) is 3.37. The molecule has 1 atom stereocenters. The Balaban J connectivity index is 1.67. The monoisotopic (exact) mass is 456 g/mol. The van der Waals surface area contributed by atoms with Crippen LogP contribution in [0.3, 0.4) is 0 Å². The van der Waals surface area contributed by atoms with Crippen LogP contribution in [-0.2, 0) is 11.3 Å². The van der Waals surface area contributed by atoms with Crippen molar-refractivity contribution < 1.29 is 18.2 Å². The second-order valence-electron chi connectivity index (χ2n) is 7.82. The lowest BCUT2D eigenvalue weighted by molar-refractivity contribution is 0.355. The fourth-order valence-corrected chi connectivity index (χ4v) is 4.47. The molecule has 0 spiro atoms. The molecule has 1 aliphatic heterocycles. The number of ether oxygens (including phenoxy) is 2. The largest absolute Gasteiger partial charge is 0.493 e. The highest BCUT2D eigenvalue weighted by atomic mass is 32.2. The van der Waals surface area contributed by atoms with Crippen LogP contribution in [-0.4, -0.2) is 52.6 Å². The van der Waals surface area contributed by atoms with Crippen molar-refractivity contribution in [1.29, 1.82) is 0 Å². The van der Waals surface area contributed by atoms with Crippen molar-refractivity contribution in [3.8, 4) is 22.9 Å². The van der Waals surface area contributed by atoms with Crippen molar-refractivity contribution in [2.45, 2.75) is 19.3 Å². The normalized spacial score (nSPS) is 15.7. The zero-order valence-electron chi connectivity index (χ0n) is 18.3. The maximum Gasteiger partial charge on any atom is 0.231 e. The van der Waals surface area contributed by atoms with E-state index in [-0.39, 0.29) is 0 Å². The predicted molar refractivity (Wildman–Crippen MR) is 126 cm³/mol. The summed E-state index contributed by atoms with van der Waals surface area (Å²) in [7, 11) is 3.25. The first kappa shape index (κ1) is 22.4. The molecule has 2 aromatic carbocycles. The van der Waals surface area contributed by atoms with E-state index in [0.717, 1.165) is 54.6 Å². The number of hydrogen-bond donors (Lipinski definition) is 2. The summed E-state index contributed by atoms with van der Waals surface area (Å²) >= 11 is -1.95. The maximum atomic E-state index is 10.8. The second-order valence-corrected chi connectivity index (χ2v) is 8.61. The van der Waals surface area contributed by atoms with Crippen LogP contribution < -0.4 is 19.1 Å². The Labute approximate surface area is 190 Å². The number of fused-ring (bicyclic) bond motifs is 1. The first-order valence-electron chi connectivity index (χ1n) is 10.7. The van der Waals surface area contributed by atoms with Gasteiger partial charge in [-0.1, -0.05) is 30.3 Å². The van der Waals surface area contributed by atoms with E-state index >= 15 is 0 Å². The number of nitrogens with zero attached hydrogens (tertiary/aromatic N) is 3. The van der Waals surface area contributed by atoms with Crippen LogP contribution in [0.25, 0.3) is 22.3 Å². The van der Waals surface area contributed by atoms with Gasteiger partial charge in [0, 0.05) is 36.7 Å². The van der Waals surface area contributed by atoms with Gasteiger partial charge in [-0.2, -0.15) is 0 Å². The Hall–Kier alpha value is -2.75. The molecule has 2 N–H and O–H groups in total. The Morgan fingerprint density at radius 2 is 1.78 bits per heavy atom. The molecular weight excluding hydrogens is 428 g/mol. The lowest BCUT2D eigenvalue weighted by atomic mass is 9.93. The van der Waals surface area contributed by atoms with Gasteiger partial charge in [0.2, 0.25) is 11.3 Å². The van der Waals surface area contributed by atoms with Gasteiger partial charge in [-0.05, 0) is 31.2 Å². The van der Waals surface area contributed by atoms with Crippen LogP contribution in [0.2, 0.25) is 0 Å². The number of anilines is 1. The molecule has 4 rings (SSSR count). The molecule has 9 heteroatoms. The maximum absolute atomic E-state index is 10.8. The van der Waals surface area contributed by atoms with E-state index in [2.05, 4.69) is 9.62 Å². The van der Waals surface area contributed by atoms with Crippen LogP contribution in [0.15, 0.2) is 42.5 Å². The van der Waals surface area contributed by atoms with Gasteiger partial charge >= 0.3 is 0 Å². The third kappa shape index (κ3) is 5.01. The van der Waals surface area contributed by atoms with E-state index in [1.165, 1.54) is 0 Å². The third-order valence-electron chi connectivity index (χ3n) is 5.91. The van der Waals surface area contributed by atoms with Crippen molar-refractivity contribution >= 4 is 28.0 Å². The minimum Gasteiger partial charge on any atom is -0.493 e. The summed E-state index contributed by atoms with van der Waals surface area (Å²) < 4.78 is 33.3. The molecule has 1 aliphatic rings. The highest BCUT2D eigenvalue weighted by molar-refractivity contribution is 7.77. The zero-order chi connectivity index (χ0) is 22.5. The molecule has 1 unspecified atom stereocenters. The minimum atomic E-state index is -1.95. The van der Waals surface area contributed by atoms with Gasteiger partial charge in [0.05, 0.1) is 19.7 Å². The lowest BCUT2D eigenvalue weighted by Gasteiger charge is -2.33. The number of nitrogens with one attached hydrogen (secondary N) is 1. The zero-order valence-corrected chi connectivity index (χ0v) is 19.1. The summed E-state index contributed by atoms with van der Waals surface area (Å²) in [5.41, 5.74) is 1.77. The second kappa shape index (κ2) is 10.2. The van der Waals surface area contributed by atoms with Gasteiger partial charge in [-0.25, -0.2) is 18.9 Å². The van der Waals surface area contributed by atoms with E-state index < -0.39 is 11.3 Å². The van der Waals surface area contributed by atoms with Crippen molar-refractivity contribution in [2.75, 3.05) is 38.8 Å². The van der Waals surface area contributed by atoms with Gasteiger partial charge in [0.1, 0.15) is 5.82 Å². The van der Waals surface area contributed by atoms with Crippen LogP contribution >= 0.6 is 0 Å². The van der Waals surface area contributed by atoms with Crippen LogP contribution in [0, 0.1) is 5.92 Å². The third-order valence-corrected chi connectivity index (χ3v) is 6.36. The molecule has 1 fully saturated rings. The van der Waals surface area contributed by atoms with E-state index in [1.807, 2.05) is 42.5 Å². The number of aromatic nitrogens is 2. The molecule has 0 aliphatic carbocycles. The van der Waals surface area contributed by atoms with Gasteiger partial charge in [0.15, 0.2) is 17.3 Å². The first-order valence-corrected chi connectivity index (χ1v) is 11.8. The van der Waals surface area contributed by atoms with Crippen molar-refractivity contribution in [3.05, 3.63) is 42.5 Å². The van der Waals surface area contributed by atoms with Gasteiger partial charge in [0.25, 0.3) is 0 Å². The van der Waals surface area contributed by atoms with E-state index in [4.69, 9.17) is 24.0 Å². The summed E-state index contributed by atoms with van der Waals surface area (Å²) in [4.78, 5) is 12.1. The lowest BCUT2D eigenvalue weighted by Crippen LogP contribution is -2.35. The molecule has 8 nitrogen and oxygen atoms in total. The van der Waals surface area contributed by atoms with Crippen molar-refractivity contribution in [3.63, 3.8) is 0 Å². The molecule has 0 radical (unpaired) electrons. The standard InChI is InChI=1S/C23H28N4O4S/c1-30-20-14-18-19(15-21(20)31-2)25-22(17-6-4-3-5-7-17)26-23(18)27-12-9-16(10-13-27)8-11-24-32(28)29/h3-7,14-16,24H,8-13H2,1-2H3,(H,28,29). The van der Waals surface area contributed by atoms with Gasteiger partial charge in [-0.15, -0.1) is 0 Å². The van der Waals surface area contributed by atoms with Crippen molar-refractivity contribution in [1.82, 2.24) is 14.7 Å². The van der Waals surface area contributed by atoms with Crippen LogP contribution in [0.1, 0.15) is 19.3 Å². The minimum absolute atomic E-state index is 0.513. The van der Waals surface area contributed by atoms with Gasteiger partial charge in [-0.3, -0.25) is 4.55 Å². The quantitative estimate of drug-likeness (QED) is 0.500. The van der Waals surface area contributed by atoms with E-state index in [0.29, 0.717) is 29.8 Å². The van der Waals surface area contributed by atoms with E-state index in [9.17, 15) is 4.21 Å². The van der Waals surface area contributed by atoms with Crippen LogP contribution in [0.4, 0.5) is 5.82 Å². The predicted octanol–water partition coefficient (Wildman–Crippen LogP) is 3.65. The number of benzene rings is 2. The Morgan fingerprint density at radius 3 is 2.44 bits per heavy atom. The highest BCUT2D eigenvalue weighted by Gasteiger charge is 2.23. The van der Waals surface area contributed by atoms with E-state index in [1.54, 1.807) is 14.2 Å². The molecule has 170 valence electrons. The van der Waals surface area contributed by atoms with Crippen molar-refractivity contribution in [2.24, 2.45) is 5.92 Å². The molecule has 2 heterocycles. The van der Waals surface area contributed by atoms with Crippen LogP contribution in [0.5, 0.6) is 11.5 Å². The first-order chi connectivity index (χ1) is 15.6. The summed E-state index contributed by atoms with van der Waals surface area (Å²) in [6.07, 6.45) is 2.88. The smallest absolute Gasteiger partial charge is 0.231 e. The molecule has 0 saturated carbocycles. The number of piperidine rings is 1. The molecule has 1 aromatic heterocycles. The average molecular weight is 457 g/mol. The molecule has 0 amide bonds. The summed E-state index contributed by atoms with van der Waals surface area (Å²) in [6, 6.07) is 13.8. The van der Waals surface area contributed by atoms with Gasteiger partial charge < -0.3 is 14.4 Å². The number of rotatable bonds is 8.